The van der Waals surface area contributed by atoms with E-state index in [0.29, 0.717) is 11.1 Å². The highest BCUT2D eigenvalue weighted by Crippen LogP contribution is 2.29. The summed E-state index contributed by atoms with van der Waals surface area (Å²) < 4.78 is 5.30. The molecule has 1 N–H and O–H groups in total. The van der Waals surface area contributed by atoms with E-state index >= 15 is 0 Å². The monoisotopic (exact) mass is 311 g/mol. The van der Waals surface area contributed by atoms with Gasteiger partial charge in [0, 0.05) is 6.04 Å². The minimum atomic E-state index is 0.381. The Morgan fingerprint density at radius 3 is 2.38 bits per heavy atom. The lowest BCUT2D eigenvalue weighted by Crippen LogP contribution is -2.16. The molecule has 0 fully saturated rings. The fraction of sp³-hybridized carbons (Fsp3) is 0.667. The zero-order chi connectivity index (χ0) is 15.5. The van der Waals surface area contributed by atoms with E-state index in [4.69, 9.17) is 16.3 Å². The van der Waals surface area contributed by atoms with Crippen LogP contribution < -0.4 is 10.1 Å². The molecule has 0 bridgehead atoms. The lowest BCUT2D eigenvalue weighted by atomic mass is 9.99. The van der Waals surface area contributed by atoms with Gasteiger partial charge in [-0.3, -0.25) is 0 Å². The van der Waals surface area contributed by atoms with Crippen molar-refractivity contribution in [3.05, 3.63) is 28.8 Å². The van der Waals surface area contributed by atoms with Crippen molar-refractivity contribution in [1.29, 1.82) is 0 Å². The molecule has 0 aliphatic heterocycles. The van der Waals surface area contributed by atoms with Gasteiger partial charge in [0.15, 0.2) is 0 Å². The summed E-state index contributed by atoms with van der Waals surface area (Å²) in [7, 11) is 3.68. The van der Waals surface area contributed by atoms with E-state index in [1.54, 1.807) is 7.11 Å². The van der Waals surface area contributed by atoms with Gasteiger partial charge in [0.25, 0.3) is 0 Å². The van der Waals surface area contributed by atoms with Gasteiger partial charge in [-0.1, -0.05) is 69.5 Å². The Bertz CT molecular complexity index is 395. The van der Waals surface area contributed by atoms with Crippen molar-refractivity contribution in [2.45, 2.75) is 64.3 Å². The van der Waals surface area contributed by atoms with E-state index in [9.17, 15) is 0 Å². The molecule has 1 aromatic carbocycles. The summed E-state index contributed by atoms with van der Waals surface area (Å²) in [4.78, 5) is 0. The molecule has 1 unspecified atom stereocenters. The highest BCUT2D eigenvalue weighted by molar-refractivity contribution is 6.32. The fourth-order valence-corrected chi connectivity index (χ4v) is 2.87. The first-order chi connectivity index (χ1) is 10.2. The number of hydrogen-bond acceptors (Lipinski definition) is 2. The van der Waals surface area contributed by atoms with E-state index < -0.39 is 0 Å². The number of methoxy groups -OCH3 is 1. The van der Waals surface area contributed by atoms with Crippen molar-refractivity contribution in [3.63, 3.8) is 0 Å². The van der Waals surface area contributed by atoms with Crippen LogP contribution in [0.2, 0.25) is 5.02 Å². The number of nitrogens with one attached hydrogen (secondary N) is 1. The predicted octanol–water partition coefficient (Wildman–Crippen LogP) is 5.75. The summed E-state index contributed by atoms with van der Waals surface area (Å²) in [6, 6.07) is 6.44. The normalized spacial score (nSPS) is 12.4. The van der Waals surface area contributed by atoms with Gasteiger partial charge in [-0.25, -0.2) is 0 Å². The summed E-state index contributed by atoms with van der Waals surface area (Å²) in [6.07, 6.45) is 10.6. The van der Waals surface area contributed by atoms with Gasteiger partial charge in [-0.05, 0) is 31.2 Å². The van der Waals surface area contributed by atoms with Crippen LogP contribution in [0.3, 0.4) is 0 Å². The molecule has 0 spiro atoms. The molecule has 120 valence electrons. The van der Waals surface area contributed by atoms with Crippen molar-refractivity contribution >= 4 is 11.6 Å². The molecule has 0 aliphatic carbocycles. The maximum atomic E-state index is 6.09. The number of rotatable bonds is 11. The van der Waals surface area contributed by atoms with E-state index in [1.807, 2.05) is 19.2 Å². The summed E-state index contributed by atoms with van der Waals surface area (Å²) in [5.41, 5.74) is 1.25. The van der Waals surface area contributed by atoms with Gasteiger partial charge in [-0.2, -0.15) is 0 Å². The Kier molecular flexibility index (Phi) is 9.53. The van der Waals surface area contributed by atoms with E-state index in [0.717, 1.165) is 12.2 Å². The van der Waals surface area contributed by atoms with Gasteiger partial charge in [0.2, 0.25) is 0 Å². The van der Waals surface area contributed by atoms with Crippen LogP contribution in [-0.4, -0.2) is 14.2 Å². The third-order valence-electron chi connectivity index (χ3n) is 4.02. The second-order valence-electron chi connectivity index (χ2n) is 5.65. The summed E-state index contributed by atoms with van der Waals surface area (Å²) in [5, 5.41) is 4.07. The summed E-state index contributed by atoms with van der Waals surface area (Å²) in [5.74, 6) is 0.758. The molecule has 0 heterocycles. The third kappa shape index (κ3) is 6.71. The maximum Gasteiger partial charge on any atom is 0.137 e. The first-order valence-corrected chi connectivity index (χ1v) is 8.61. The quantitative estimate of drug-likeness (QED) is 0.525. The molecule has 1 aromatic rings. The average Bonchev–Trinajstić information content (AvgIpc) is 2.51. The molecule has 0 radical (unpaired) electrons. The molecule has 0 saturated heterocycles. The van der Waals surface area contributed by atoms with Crippen LogP contribution >= 0.6 is 11.6 Å². The van der Waals surface area contributed by atoms with Gasteiger partial charge in [0.1, 0.15) is 5.75 Å². The van der Waals surface area contributed by atoms with Gasteiger partial charge in [-0.15, -0.1) is 0 Å². The topological polar surface area (TPSA) is 21.3 Å². The first kappa shape index (κ1) is 18.3. The smallest absolute Gasteiger partial charge is 0.137 e. The molecule has 0 saturated carbocycles. The van der Waals surface area contributed by atoms with Crippen molar-refractivity contribution in [2.24, 2.45) is 0 Å². The molecule has 0 aromatic heterocycles. The molecule has 0 amide bonds. The molecule has 1 atom stereocenters. The van der Waals surface area contributed by atoms with Crippen LogP contribution in [0, 0.1) is 0 Å². The Balaban J connectivity index is 2.37. The molecule has 3 heteroatoms. The Morgan fingerprint density at radius 1 is 1.10 bits per heavy atom. The Morgan fingerprint density at radius 2 is 1.76 bits per heavy atom. The minimum Gasteiger partial charge on any atom is -0.495 e. The van der Waals surface area contributed by atoms with Crippen LogP contribution in [0.5, 0.6) is 5.75 Å². The summed E-state index contributed by atoms with van der Waals surface area (Å²) >= 11 is 6.09. The zero-order valence-electron chi connectivity index (χ0n) is 13.8. The highest BCUT2D eigenvalue weighted by Gasteiger charge is 2.11. The van der Waals surface area contributed by atoms with Crippen molar-refractivity contribution in [2.75, 3.05) is 14.2 Å². The maximum absolute atomic E-state index is 6.09. The van der Waals surface area contributed by atoms with Gasteiger partial charge < -0.3 is 10.1 Å². The highest BCUT2D eigenvalue weighted by atomic mass is 35.5. The second-order valence-corrected chi connectivity index (χ2v) is 6.05. The van der Waals surface area contributed by atoms with Gasteiger partial charge in [0.05, 0.1) is 12.1 Å². The zero-order valence-corrected chi connectivity index (χ0v) is 14.5. The fourth-order valence-electron chi connectivity index (χ4n) is 2.68. The predicted molar refractivity (Wildman–Crippen MR) is 92.4 cm³/mol. The Hall–Kier alpha value is -0.730. The molecular weight excluding hydrogens is 282 g/mol. The van der Waals surface area contributed by atoms with E-state index in [2.05, 4.69) is 18.3 Å². The number of hydrogen-bond donors (Lipinski definition) is 1. The molecular formula is C18H30ClNO. The number of benzene rings is 1. The second kappa shape index (κ2) is 10.9. The van der Waals surface area contributed by atoms with Crippen LogP contribution in [0.25, 0.3) is 0 Å². The first-order valence-electron chi connectivity index (χ1n) is 8.23. The number of ether oxygens (including phenoxy) is 1. The van der Waals surface area contributed by atoms with Crippen LogP contribution in [0.15, 0.2) is 18.2 Å². The average molecular weight is 312 g/mol. The number of unbranched alkanes of at least 4 members (excludes halogenated alkanes) is 6. The lowest BCUT2D eigenvalue weighted by molar-refractivity contribution is 0.412. The largest absolute Gasteiger partial charge is 0.495 e. The van der Waals surface area contributed by atoms with Crippen LogP contribution in [0.4, 0.5) is 0 Å². The number of halogens is 1. The molecule has 2 nitrogen and oxygen atoms in total. The van der Waals surface area contributed by atoms with Crippen LogP contribution in [0.1, 0.15) is 69.9 Å². The SMILES string of the molecule is CCCCCCCCCC(NC)c1ccc(Cl)c(OC)c1. The molecule has 21 heavy (non-hydrogen) atoms. The van der Waals surface area contributed by atoms with E-state index in [-0.39, 0.29) is 0 Å². The summed E-state index contributed by atoms with van der Waals surface area (Å²) in [6.45, 7) is 2.26. The van der Waals surface area contributed by atoms with Crippen LogP contribution in [-0.2, 0) is 0 Å². The third-order valence-corrected chi connectivity index (χ3v) is 4.33. The minimum absolute atomic E-state index is 0.381. The van der Waals surface area contributed by atoms with Gasteiger partial charge >= 0.3 is 0 Å². The standard InChI is InChI=1S/C18H30ClNO/c1-4-5-6-7-8-9-10-11-17(20-2)15-12-13-16(19)18(14-15)21-3/h12-14,17,20H,4-11H2,1-3H3. The van der Waals surface area contributed by atoms with Crippen molar-refractivity contribution in [3.8, 4) is 5.75 Å². The van der Waals surface area contributed by atoms with E-state index in [1.165, 1.54) is 50.5 Å². The van der Waals surface area contributed by atoms with Crippen molar-refractivity contribution in [1.82, 2.24) is 5.32 Å². The lowest BCUT2D eigenvalue weighted by Gasteiger charge is -2.18. The Labute approximate surface area is 135 Å². The van der Waals surface area contributed by atoms with Crippen molar-refractivity contribution < 1.29 is 4.74 Å². The molecule has 0 aliphatic rings. The molecule has 1 rings (SSSR count).